The van der Waals surface area contributed by atoms with Crippen LogP contribution in [0, 0.1) is 22.7 Å². The third kappa shape index (κ3) is 5.36. The Morgan fingerprint density at radius 2 is 1.33 bits per heavy atom. The van der Waals surface area contributed by atoms with E-state index in [2.05, 4.69) is 25.3 Å². The average Bonchev–Trinajstić information content (AvgIpc) is 2.24. The van der Waals surface area contributed by atoms with E-state index in [0.29, 0.717) is 12.8 Å². The van der Waals surface area contributed by atoms with Crippen LogP contribution in [0.4, 0.5) is 0 Å². The third-order valence-corrected chi connectivity index (χ3v) is 7.62. The van der Waals surface area contributed by atoms with Gasteiger partial charge in [-0.25, -0.2) is 0 Å². The normalized spacial score (nSPS) is 11.1. The molecule has 0 radical (unpaired) electrons. The number of nitriles is 2. The van der Waals surface area contributed by atoms with Gasteiger partial charge in [-0.15, -0.1) is 0 Å². The van der Waals surface area contributed by atoms with E-state index in [1.165, 1.54) is 0 Å². The van der Waals surface area contributed by atoms with Crippen LogP contribution in [0.25, 0.3) is 0 Å². The van der Waals surface area contributed by atoms with Crippen LogP contribution in [-0.2, 0) is 0 Å². The molecular formula is C12H19N2P. The first-order valence-electron chi connectivity index (χ1n) is 5.20. The molecule has 82 valence electrons. The zero-order chi connectivity index (χ0) is 11.6. The van der Waals surface area contributed by atoms with E-state index in [0.717, 1.165) is 24.6 Å². The second kappa shape index (κ2) is 8.22. The van der Waals surface area contributed by atoms with Crippen molar-refractivity contribution in [2.45, 2.75) is 12.8 Å². The molecule has 0 N–H and O–H groups in total. The second-order valence-electron chi connectivity index (χ2n) is 3.80. The third-order valence-electron chi connectivity index (χ3n) is 2.69. The summed E-state index contributed by atoms with van der Waals surface area (Å²) in [6.45, 7) is 7.56. The fraction of sp³-hybridized carbons (Fsp3) is 0.500. The van der Waals surface area contributed by atoms with Gasteiger partial charge in [0.05, 0.1) is 0 Å². The SMILES string of the molecule is C=CC[PH](CC=C)(CCC#N)CCC#N. The summed E-state index contributed by atoms with van der Waals surface area (Å²) >= 11 is 0. The van der Waals surface area contributed by atoms with E-state index in [1.807, 2.05) is 12.2 Å². The summed E-state index contributed by atoms with van der Waals surface area (Å²) in [5.41, 5.74) is 0. The number of allylic oxidation sites excluding steroid dienone is 2. The van der Waals surface area contributed by atoms with Gasteiger partial charge in [0.25, 0.3) is 0 Å². The van der Waals surface area contributed by atoms with Gasteiger partial charge in [-0.3, -0.25) is 0 Å². The Balaban J connectivity index is 4.56. The van der Waals surface area contributed by atoms with Gasteiger partial charge in [-0.05, 0) is 0 Å². The molecule has 0 aliphatic heterocycles. The van der Waals surface area contributed by atoms with Crippen molar-refractivity contribution in [2.75, 3.05) is 24.6 Å². The molecule has 0 spiro atoms. The predicted octanol–water partition coefficient (Wildman–Crippen LogP) is 2.94. The summed E-state index contributed by atoms with van der Waals surface area (Å²) in [4.78, 5) is 0. The van der Waals surface area contributed by atoms with Crippen molar-refractivity contribution >= 4 is 7.26 Å². The van der Waals surface area contributed by atoms with Crippen molar-refractivity contribution in [2.24, 2.45) is 0 Å². The van der Waals surface area contributed by atoms with Crippen molar-refractivity contribution in [1.29, 1.82) is 10.5 Å². The van der Waals surface area contributed by atoms with Crippen LogP contribution in [-0.4, -0.2) is 24.6 Å². The van der Waals surface area contributed by atoms with Crippen LogP contribution in [0.1, 0.15) is 12.8 Å². The topological polar surface area (TPSA) is 47.6 Å². The van der Waals surface area contributed by atoms with E-state index in [9.17, 15) is 0 Å². The van der Waals surface area contributed by atoms with Gasteiger partial charge in [-0.2, -0.15) is 0 Å². The van der Waals surface area contributed by atoms with E-state index in [1.54, 1.807) is 0 Å². The van der Waals surface area contributed by atoms with Crippen molar-refractivity contribution in [3.05, 3.63) is 25.3 Å². The summed E-state index contributed by atoms with van der Waals surface area (Å²) < 4.78 is 0. The Labute approximate surface area is 93.2 Å². The summed E-state index contributed by atoms with van der Waals surface area (Å²) in [7, 11) is -1.52. The molecule has 0 amide bonds. The van der Waals surface area contributed by atoms with E-state index < -0.39 is 7.26 Å². The Morgan fingerprint density at radius 3 is 1.60 bits per heavy atom. The van der Waals surface area contributed by atoms with E-state index >= 15 is 0 Å². The molecule has 0 unspecified atom stereocenters. The van der Waals surface area contributed by atoms with Crippen LogP contribution >= 0.6 is 7.26 Å². The van der Waals surface area contributed by atoms with Gasteiger partial charge in [0.15, 0.2) is 0 Å². The summed E-state index contributed by atoms with van der Waals surface area (Å²) in [6.07, 6.45) is 8.96. The zero-order valence-corrected chi connectivity index (χ0v) is 10.2. The minimum atomic E-state index is -1.52. The molecule has 0 heterocycles. The maximum atomic E-state index is 8.65. The van der Waals surface area contributed by atoms with E-state index in [4.69, 9.17) is 10.5 Å². The molecule has 0 saturated carbocycles. The first-order valence-corrected chi connectivity index (χ1v) is 8.03. The Bertz CT molecular complexity index is 253. The molecule has 3 heteroatoms. The van der Waals surface area contributed by atoms with Gasteiger partial charge in [0, 0.05) is 0 Å². The minimum absolute atomic E-state index is 0.597. The van der Waals surface area contributed by atoms with Gasteiger partial charge in [0.2, 0.25) is 0 Å². The molecule has 0 fully saturated rings. The number of hydrogen-bond donors (Lipinski definition) is 0. The van der Waals surface area contributed by atoms with Crippen molar-refractivity contribution in [3.63, 3.8) is 0 Å². The van der Waals surface area contributed by atoms with Gasteiger partial charge in [-0.1, -0.05) is 0 Å². The van der Waals surface area contributed by atoms with Gasteiger partial charge < -0.3 is 0 Å². The summed E-state index contributed by atoms with van der Waals surface area (Å²) in [5.74, 6) is 0. The van der Waals surface area contributed by atoms with Crippen molar-refractivity contribution < 1.29 is 0 Å². The first-order chi connectivity index (χ1) is 7.24. The fourth-order valence-electron chi connectivity index (χ4n) is 1.87. The Kier molecular flexibility index (Phi) is 7.61. The van der Waals surface area contributed by atoms with Crippen LogP contribution < -0.4 is 0 Å². The fourth-order valence-corrected chi connectivity index (χ4v) is 5.61. The molecule has 0 atom stereocenters. The molecule has 0 aromatic heterocycles. The number of nitrogens with zero attached hydrogens (tertiary/aromatic N) is 2. The quantitative estimate of drug-likeness (QED) is 0.468. The van der Waals surface area contributed by atoms with Crippen LogP contribution in [0.3, 0.4) is 0 Å². The average molecular weight is 222 g/mol. The van der Waals surface area contributed by atoms with Gasteiger partial charge >= 0.3 is 92.7 Å². The molecule has 0 bridgehead atoms. The number of hydrogen-bond acceptors (Lipinski definition) is 2. The first kappa shape index (κ1) is 13.9. The molecule has 0 rings (SSSR count). The predicted molar refractivity (Wildman–Crippen MR) is 68.6 cm³/mol. The number of rotatable bonds is 8. The zero-order valence-electron chi connectivity index (χ0n) is 9.21. The molecule has 15 heavy (non-hydrogen) atoms. The summed E-state index contributed by atoms with van der Waals surface area (Å²) in [5, 5.41) is 17.3. The molecule has 0 saturated heterocycles. The van der Waals surface area contributed by atoms with Crippen LogP contribution in [0.2, 0.25) is 0 Å². The maximum absolute atomic E-state index is 8.65. The summed E-state index contributed by atoms with van der Waals surface area (Å²) in [6, 6.07) is 4.40. The standard InChI is InChI=1S/C12H19N2P/c1-3-9-15(10-4-2,11-5-7-13)12-6-8-14/h3-4,15H,1-2,5-6,9-12H2. The van der Waals surface area contributed by atoms with Crippen molar-refractivity contribution in [1.82, 2.24) is 0 Å². The molecule has 0 aliphatic carbocycles. The van der Waals surface area contributed by atoms with Gasteiger partial charge in [0.1, 0.15) is 0 Å². The van der Waals surface area contributed by atoms with E-state index in [-0.39, 0.29) is 0 Å². The van der Waals surface area contributed by atoms with Crippen LogP contribution in [0.5, 0.6) is 0 Å². The molecular weight excluding hydrogens is 203 g/mol. The molecule has 0 aromatic carbocycles. The molecule has 0 aliphatic rings. The Morgan fingerprint density at radius 1 is 0.933 bits per heavy atom. The monoisotopic (exact) mass is 222 g/mol. The Hall–Kier alpha value is -1.11. The van der Waals surface area contributed by atoms with Crippen LogP contribution in [0.15, 0.2) is 25.3 Å². The molecule has 0 aromatic rings. The van der Waals surface area contributed by atoms with Crippen molar-refractivity contribution in [3.8, 4) is 12.1 Å². The molecule has 2 nitrogen and oxygen atoms in total. The second-order valence-corrected chi connectivity index (χ2v) is 8.62.